The van der Waals surface area contributed by atoms with E-state index in [9.17, 15) is 0 Å². The summed E-state index contributed by atoms with van der Waals surface area (Å²) in [6.45, 7) is 6.66. The summed E-state index contributed by atoms with van der Waals surface area (Å²) >= 11 is 0. The van der Waals surface area contributed by atoms with Gasteiger partial charge in [0.25, 0.3) is 6.33 Å². The first-order valence-corrected chi connectivity index (χ1v) is 17.7. The molecule has 0 radical (unpaired) electrons. The van der Waals surface area contributed by atoms with Gasteiger partial charge in [-0.15, -0.1) is 0 Å². The highest BCUT2D eigenvalue weighted by atomic mass is 16.5. The minimum Gasteiger partial charge on any atom is -0.458 e. The first-order chi connectivity index (χ1) is 30.7. The third kappa shape index (κ3) is 6.14. The van der Waals surface area contributed by atoms with Gasteiger partial charge in [0.2, 0.25) is 0 Å². The number of imidazole rings is 1. The first kappa shape index (κ1) is 23.8. The largest absolute Gasteiger partial charge is 0.458 e. The molecule has 0 bridgehead atoms. The summed E-state index contributed by atoms with van der Waals surface area (Å²) in [4.78, 5) is 4.82. The molecule has 0 aliphatic rings. The second-order valence-electron chi connectivity index (χ2n) is 13.5. The number of benzene rings is 6. The van der Waals surface area contributed by atoms with Gasteiger partial charge in [-0.05, 0) is 88.2 Å². The van der Waals surface area contributed by atoms with E-state index in [0.717, 1.165) is 27.6 Å². The molecule has 0 aliphatic heterocycles. The third-order valence-corrected chi connectivity index (χ3v) is 9.90. The summed E-state index contributed by atoms with van der Waals surface area (Å²) < 4.78 is 97.3. The maximum Gasteiger partial charge on any atom is 0.268 e. The van der Waals surface area contributed by atoms with Crippen molar-refractivity contribution >= 4 is 21.8 Å². The smallest absolute Gasteiger partial charge is 0.268 e. The molecule has 0 saturated heterocycles. The van der Waals surface area contributed by atoms with E-state index >= 15 is 0 Å². The van der Waals surface area contributed by atoms with Crippen molar-refractivity contribution in [3.8, 4) is 50.9 Å². The van der Waals surface area contributed by atoms with Crippen molar-refractivity contribution < 1.29 is 23.0 Å². The van der Waals surface area contributed by atoms with Crippen LogP contribution in [0.5, 0.6) is 11.5 Å². The van der Waals surface area contributed by atoms with Crippen LogP contribution in [0.2, 0.25) is 0 Å². The molecule has 262 valence electrons. The lowest BCUT2D eigenvalue weighted by Gasteiger charge is -2.17. The summed E-state index contributed by atoms with van der Waals surface area (Å²) in [5.41, 5.74) is 4.09. The number of para-hydroxylation sites is 2. The number of pyridine rings is 1. The van der Waals surface area contributed by atoms with Crippen LogP contribution in [-0.2, 0) is 0 Å². The molecule has 6 aromatic carbocycles. The normalized spacial score (nSPS) is 14.7. The SMILES string of the molecule is [2H]c1c([2H])c([2H])c(-c2cccc(-c3c([2H])c([2H])c([2H])c([2H])c3[2H])c2-[n+]2[c-]n(-c3cccc(Oc4ccc5c6ccccc6n(-c6cc(C(C)C(C)C)ccn6)c5c4)c3)cc2)c([2H])c1[2H]. The van der Waals surface area contributed by atoms with Crippen molar-refractivity contribution in [2.75, 3.05) is 0 Å². The zero-order valence-corrected chi connectivity index (χ0v) is 29.8. The predicted octanol–water partition coefficient (Wildman–Crippen LogP) is 11.9. The monoisotopic (exact) mass is 710 g/mol. The molecule has 0 N–H and O–H groups in total. The molecule has 9 aromatic rings. The Morgan fingerprint density at radius 1 is 0.685 bits per heavy atom. The Hall–Kier alpha value is -6.72. The van der Waals surface area contributed by atoms with Gasteiger partial charge in [0.05, 0.1) is 36.1 Å². The van der Waals surface area contributed by atoms with Gasteiger partial charge in [0.15, 0.2) is 0 Å². The predicted molar refractivity (Wildman–Crippen MR) is 219 cm³/mol. The fourth-order valence-electron chi connectivity index (χ4n) is 6.88. The van der Waals surface area contributed by atoms with E-state index in [0.29, 0.717) is 29.0 Å². The van der Waals surface area contributed by atoms with Crippen LogP contribution in [0.25, 0.3) is 61.3 Å². The summed E-state index contributed by atoms with van der Waals surface area (Å²) in [6.07, 6.45) is 8.47. The number of ether oxygens (including phenoxy) is 1. The molecule has 0 amide bonds. The Labute approximate surface area is 330 Å². The molecule has 9 rings (SSSR count). The Bertz CT molecular complexity index is 3200. The molecule has 54 heavy (non-hydrogen) atoms. The highest BCUT2D eigenvalue weighted by Crippen LogP contribution is 2.37. The fraction of sp³-hybridized carbons (Fsp3) is 0.102. The first-order valence-electron chi connectivity index (χ1n) is 22.7. The molecule has 5 nitrogen and oxygen atoms in total. The second-order valence-corrected chi connectivity index (χ2v) is 13.5. The van der Waals surface area contributed by atoms with Crippen LogP contribution in [0, 0.1) is 12.2 Å². The maximum atomic E-state index is 8.83. The molecule has 3 aromatic heterocycles. The molecule has 0 spiro atoms. The molecule has 0 saturated carbocycles. The van der Waals surface area contributed by atoms with Crippen LogP contribution in [0.15, 0.2) is 176 Å². The van der Waals surface area contributed by atoms with Crippen LogP contribution in [-0.4, -0.2) is 14.1 Å². The highest BCUT2D eigenvalue weighted by molar-refractivity contribution is 6.09. The second kappa shape index (κ2) is 14.0. The van der Waals surface area contributed by atoms with Gasteiger partial charge in [0.1, 0.15) is 17.3 Å². The van der Waals surface area contributed by atoms with E-state index in [4.69, 9.17) is 23.4 Å². The Kier molecular flexibility index (Phi) is 6.17. The topological polar surface area (TPSA) is 35.9 Å². The van der Waals surface area contributed by atoms with Crippen molar-refractivity contribution in [3.05, 3.63) is 188 Å². The average Bonchev–Trinajstić information content (AvgIpc) is 3.92. The number of rotatable bonds is 9. The molecule has 1 unspecified atom stereocenters. The van der Waals surface area contributed by atoms with E-state index in [1.54, 1.807) is 35.2 Å². The van der Waals surface area contributed by atoms with Crippen molar-refractivity contribution in [2.24, 2.45) is 5.92 Å². The van der Waals surface area contributed by atoms with Crippen LogP contribution >= 0.6 is 0 Å². The molecular formula is C49H40N4O. The number of nitrogens with zero attached hydrogens (tertiary/aromatic N) is 4. The molecule has 3 heterocycles. The van der Waals surface area contributed by atoms with Crippen LogP contribution in [0.4, 0.5) is 0 Å². The van der Waals surface area contributed by atoms with Crippen LogP contribution < -0.4 is 9.30 Å². The lowest BCUT2D eigenvalue weighted by atomic mass is 9.91. The lowest BCUT2D eigenvalue weighted by molar-refractivity contribution is -0.598. The number of hydrogen-bond acceptors (Lipinski definition) is 2. The summed E-state index contributed by atoms with van der Waals surface area (Å²) in [5, 5.41) is 2.15. The van der Waals surface area contributed by atoms with Crippen molar-refractivity contribution in [2.45, 2.75) is 26.7 Å². The Morgan fingerprint density at radius 2 is 1.37 bits per heavy atom. The van der Waals surface area contributed by atoms with E-state index in [1.807, 2.05) is 54.7 Å². The molecular weight excluding hydrogens is 661 g/mol. The maximum absolute atomic E-state index is 8.83. The van der Waals surface area contributed by atoms with Crippen molar-refractivity contribution in [1.29, 1.82) is 0 Å². The molecule has 0 aliphatic carbocycles. The quantitative estimate of drug-likeness (QED) is 0.110. The number of aromatic nitrogens is 4. The third-order valence-electron chi connectivity index (χ3n) is 9.90. The van der Waals surface area contributed by atoms with Crippen molar-refractivity contribution in [3.63, 3.8) is 0 Å². The van der Waals surface area contributed by atoms with Gasteiger partial charge < -0.3 is 4.74 Å². The van der Waals surface area contributed by atoms with Gasteiger partial charge in [-0.3, -0.25) is 13.7 Å². The van der Waals surface area contributed by atoms with Gasteiger partial charge in [-0.1, -0.05) is 124 Å². The highest BCUT2D eigenvalue weighted by Gasteiger charge is 2.18. The Balaban J connectivity index is 1.14. The summed E-state index contributed by atoms with van der Waals surface area (Å²) in [6, 6.07) is 25.4. The minimum absolute atomic E-state index is 0.121. The fourth-order valence-corrected chi connectivity index (χ4v) is 6.88. The lowest BCUT2D eigenvalue weighted by Crippen LogP contribution is -2.30. The van der Waals surface area contributed by atoms with Crippen LogP contribution in [0.3, 0.4) is 0 Å². The van der Waals surface area contributed by atoms with E-state index in [1.165, 1.54) is 10.1 Å². The average molecular weight is 711 g/mol. The minimum atomic E-state index is -0.560. The Morgan fingerprint density at radius 3 is 2.11 bits per heavy atom. The standard InChI is InChI=1S/C49H40N4O/c1-34(2)35(3)38-26-27-50-48(30-38)53-46-23-11-10-20-44(46)45-25-24-41(32-47(45)53)54-40-19-12-18-39(31-40)51-28-29-52(33-51)49-42(36-14-6-4-7-15-36)21-13-22-43(49)37-16-8-5-9-17-37/h4-32,34-35H,1-3H3/i4D,5D,6D,7D,8D,9D,14D,15D,16D,17D. The van der Waals surface area contributed by atoms with Crippen molar-refractivity contribution in [1.82, 2.24) is 14.1 Å². The van der Waals surface area contributed by atoms with Gasteiger partial charge in [-0.25, -0.2) is 4.98 Å². The summed E-state index contributed by atoms with van der Waals surface area (Å²) in [7, 11) is 0. The van der Waals surface area contributed by atoms with E-state index < -0.39 is 60.4 Å². The molecule has 5 heteroatoms. The molecule has 0 fully saturated rings. The van der Waals surface area contributed by atoms with E-state index in [-0.39, 0.29) is 27.9 Å². The molecule has 1 atom stereocenters. The van der Waals surface area contributed by atoms with E-state index in [2.05, 4.69) is 62.0 Å². The van der Waals surface area contributed by atoms with Gasteiger partial charge >= 0.3 is 0 Å². The van der Waals surface area contributed by atoms with Gasteiger partial charge in [-0.2, -0.15) is 0 Å². The zero-order valence-electron chi connectivity index (χ0n) is 39.8. The van der Waals surface area contributed by atoms with Crippen LogP contribution in [0.1, 0.15) is 46.0 Å². The number of fused-ring (bicyclic) bond motifs is 3. The van der Waals surface area contributed by atoms with Gasteiger partial charge in [0, 0.05) is 35.4 Å². The number of hydrogen-bond donors (Lipinski definition) is 0. The zero-order chi connectivity index (χ0) is 45.3. The summed E-state index contributed by atoms with van der Waals surface area (Å²) in [5.74, 6) is 2.74.